The second kappa shape index (κ2) is 10.6. The monoisotopic (exact) mass is 556 g/mol. The molecule has 4 aromatic rings. The SMILES string of the molecule is CCOc1ccccc1-c1cc(Cl)c(-c2ccccc2SC)c(-c2cc(Br)ccc2Cl)c1C. The Kier molecular flexibility index (Phi) is 7.76. The van der Waals surface area contributed by atoms with Crippen LogP contribution in [0.1, 0.15) is 12.5 Å². The molecule has 33 heavy (non-hydrogen) atoms. The van der Waals surface area contributed by atoms with Gasteiger partial charge in [0.25, 0.3) is 0 Å². The van der Waals surface area contributed by atoms with E-state index in [0.29, 0.717) is 16.7 Å². The highest BCUT2D eigenvalue weighted by Crippen LogP contribution is 2.49. The number of para-hydroxylation sites is 1. The lowest BCUT2D eigenvalue weighted by atomic mass is 9.86. The molecule has 0 aliphatic rings. The molecule has 0 aliphatic carbocycles. The van der Waals surface area contributed by atoms with E-state index in [1.165, 1.54) is 0 Å². The molecule has 0 aliphatic heterocycles. The third-order valence-electron chi connectivity index (χ3n) is 5.59. The Morgan fingerprint density at radius 2 is 1.48 bits per heavy atom. The first-order valence-electron chi connectivity index (χ1n) is 10.6. The summed E-state index contributed by atoms with van der Waals surface area (Å²) < 4.78 is 6.91. The molecule has 0 saturated carbocycles. The maximum atomic E-state index is 7.09. The number of hydrogen-bond acceptors (Lipinski definition) is 2. The largest absolute Gasteiger partial charge is 0.493 e. The lowest BCUT2D eigenvalue weighted by Crippen LogP contribution is -1.99. The van der Waals surface area contributed by atoms with Gasteiger partial charge in [-0.05, 0) is 78.8 Å². The molecule has 0 saturated heterocycles. The predicted octanol–water partition coefficient (Wildman–Crippen LogP) is 10.2. The fraction of sp³-hybridized carbons (Fsp3) is 0.143. The van der Waals surface area contributed by atoms with Crippen molar-refractivity contribution in [1.29, 1.82) is 0 Å². The third kappa shape index (κ3) is 4.83. The first-order chi connectivity index (χ1) is 16.0. The van der Waals surface area contributed by atoms with Gasteiger partial charge in [0.1, 0.15) is 5.75 Å². The summed E-state index contributed by atoms with van der Waals surface area (Å²) in [5.74, 6) is 0.836. The van der Waals surface area contributed by atoms with Gasteiger partial charge in [0.15, 0.2) is 0 Å². The number of hydrogen-bond donors (Lipinski definition) is 0. The Balaban J connectivity index is 2.12. The highest BCUT2D eigenvalue weighted by atomic mass is 79.9. The minimum absolute atomic E-state index is 0.591. The normalized spacial score (nSPS) is 11.0. The molecule has 168 valence electrons. The van der Waals surface area contributed by atoms with E-state index in [0.717, 1.165) is 54.1 Å². The van der Waals surface area contributed by atoms with E-state index in [1.54, 1.807) is 11.8 Å². The van der Waals surface area contributed by atoms with Crippen LogP contribution in [-0.4, -0.2) is 12.9 Å². The Bertz CT molecular complexity index is 1320. The van der Waals surface area contributed by atoms with Crippen molar-refractivity contribution in [2.24, 2.45) is 0 Å². The molecule has 0 heterocycles. The van der Waals surface area contributed by atoms with Crippen molar-refractivity contribution >= 4 is 50.9 Å². The molecule has 1 nitrogen and oxygen atoms in total. The Hall–Kier alpha value is -1.91. The standard InChI is InChI=1S/C28H23BrCl2OS/c1-4-32-25-11-7-5-9-19(25)21-16-24(31)28(20-10-6-8-12-26(20)33-3)27(17(21)2)22-15-18(29)13-14-23(22)30/h5-16H,4H2,1-3H3. The van der Waals surface area contributed by atoms with Crippen LogP contribution in [0.25, 0.3) is 33.4 Å². The summed E-state index contributed by atoms with van der Waals surface area (Å²) in [4.78, 5) is 1.16. The summed E-state index contributed by atoms with van der Waals surface area (Å²) in [5.41, 5.74) is 7.17. The van der Waals surface area contributed by atoms with Crippen LogP contribution in [0.3, 0.4) is 0 Å². The molecule has 0 fully saturated rings. The predicted molar refractivity (Wildman–Crippen MR) is 148 cm³/mol. The van der Waals surface area contributed by atoms with E-state index < -0.39 is 0 Å². The Morgan fingerprint density at radius 3 is 2.21 bits per heavy atom. The van der Waals surface area contributed by atoms with E-state index in [4.69, 9.17) is 27.9 Å². The number of thioether (sulfide) groups is 1. The Labute approximate surface area is 218 Å². The van der Waals surface area contributed by atoms with Crippen molar-refractivity contribution in [3.63, 3.8) is 0 Å². The molecular formula is C28H23BrCl2OS. The van der Waals surface area contributed by atoms with Crippen LogP contribution in [0.15, 0.2) is 82.2 Å². The average molecular weight is 558 g/mol. The Morgan fingerprint density at radius 1 is 0.788 bits per heavy atom. The van der Waals surface area contributed by atoms with Crippen LogP contribution in [0.5, 0.6) is 5.75 Å². The quantitative estimate of drug-likeness (QED) is 0.218. The van der Waals surface area contributed by atoms with E-state index in [1.807, 2.05) is 43.3 Å². The molecule has 0 unspecified atom stereocenters. The van der Waals surface area contributed by atoms with Gasteiger partial charge >= 0.3 is 0 Å². The van der Waals surface area contributed by atoms with Gasteiger partial charge in [-0.25, -0.2) is 0 Å². The van der Waals surface area contributed by atoms with Gasteiger partial charge in [0, 0.05) is 36.1 Å². The molecule has 4 aromatic carbocycles. The first-order valence-corrected chi connectivity index (χ1v) is 13.4. The maximum Gasteiger partial charge on any atom is 0.127 e. The zero-order valence-corrected chi connectivity index (χ0v) is 22.5. The van der Waals surface area contributed by atoms with E-state index in [9.17, 15) is 0 Å². The van der Waals surface area contributed by atoms with Gasteiger partial charge in [-0.3, -0.25) is 0 Å². The first kappa shape index (κ1) is 24.2. The topological polar surface area (TPSA) is 9.23 Å². The van der Waals surface area contributed by atoms with Crippen molar-refractivity contribution in [3.05, 3.63) is 92.9 Å². The minimum atomic E-state index is 0.591. The van der Waals surface area contributed by atoms with Gasteiger partial charge in [-0.15, -0.1) is 11.8 Å². The summed E-state index contributed by atoms with van der Waals surface area (Å²) in [6.45, 7) is 4.71. The van der Waals surface area contributed by atoms with Gasteiger partial charge in [0.05, 0.1) is 6.61 Å². The van der Waals surface area contributed by atoms with Crippen molar-refractivity contribution in [2.45, 2.75) is 18.7 Å². The second-order valence-electron chi connectivity index (χ2n) is 7.53. The van der Waals surface area contributed by atoms with E-state index >= 15 is 0 Å². The molecule has 4 rings (SSSR count). The van der Waals surface area contributed by atoms with Crippen LogP contribution >= 0.6 is 50.9 Å². The highest BCUT2D eigenvalue weighted by Gasteiger charge is 2.23. The lowest BCUT2D eigenvalue weighted by molar-refractivity contribution is 0.341. The lowest BCUT2D eigenvalue weighted by Gasteiger charge is -2.22. The molecule has 0 amide bonds. The zero-order valence-electron chi connectivity index (χ0n) is 18.6. The summed E-state index contributed by atoms with van der Waals surface area (Å²) in [6, 6.07) is 24.4. The van der Waals surface area contributed by atoms with Gasteiger partial charge < -0.3 is 4.74 Å². The zero-order chi connectivity index (χ0) is 23.5. The summed E-state index contributed by atoms with van der Waals surface area (Å²) in [6.07, 6.45) is 2.08. The van der Waals surface area contributed by atoms with E-state index in [2.05, 4.69) is 65.5 Å². The van der Waals surface area contributed by atoms with Crippen LogP contribution in [0, 0.1) is 6.92 Å². The number of rotatable bonds is 6. The van der Waals surface area contributed by atoms with Crippen molar-refractivity contribution in [1.82, 2.24) is 0 Å². The summed E-state index contributed by atoms with van der Waals surface area (Å²) >= 11 is 19.2. The molecule has 0 atom stereocenters. The van der Waals surface area contributed by atoms with Crippen LogP contribution in [0.4, 0.5) is 0 Å². The molecule has 0 aromatic heterocycles. The molecule has 0 spiro atoms. The summed E-state index contributed by atoms with van der Waals surface area (Å²) in [5, 5.41) is 1.35. The number of ether oxygens (including phenoxy) is 1. The molecule has 0 N–H and O–H groups in total. The number of benzene rings is 4. The molecule has 0 bridgehead atoms. The van der Waals surface area contributed by atoms with Crippen LogP contribution in [0.2, 0.25) is 10.0 Å². The number of halogens is 3. The fourth-order valence-corrected chi connectivity index (χ4v) is 5.62. The third-order valence-corrected chi connectivity index (χ3v) is 7.51. The van der Waals surface area contributed by atoms with E-state index in [-0.39, 0.29) is 0 Å². The van der Waals surface area contributed by atoms with Crippen molar-refractivity contribution in [2.75, 3.05) is 12.9 Å². The molecule has 0 radical (unpaired) electrons. The average Bonchev–Trinajstić information content (AvgIpc) is 2.82. The van der Waals surface area contributed by atoms with Crippen molar-refractivity contribution < 1.29 is 4.74 Å². The molecule has 5 heteroatoms. The summed E-state index contributed by atoms with van der Waals surface area (Å²) in [7, 11) is 0. The smallest absolute Gasteiger partial charge is 0.127 e. The molecular weight excluding hydrogens is 535 g/mol. The fourth-order valence-electron chi connectivity index (χ4n) is 4.14. The highest BCUT2D eigenvalue weighted by molar-refractivity contribution is 9.10. The minimum Gasteiger partial charge on any atom is -0.493 e. The van der Waals surface area contributed by atoms with Gasteiger partial charge in [-0.2, -0.15) is 0 Å². The van der Waals surface area contributed by atoms with Gasteiger partial charge in [-0.1, -0.05) is 75.5 Å². The van der Waals surface area contributed by atoms with Gasteiger partial charge in [0.2, 0.25) is 0 Å². The van der Waals surface area contributed by atoms with Crippen LogP contribution in [-0.2, 0) is 0 Å². The second-order valence-corrected chi connectivity index (χ2v) is 10.1. The maximum absolute atomic E-state index is 7.09. The van der Waals surface area contributed by atoms with Crippen molar-refractivity contribution in [3.8, 4) is 39.1 Å². The van der Waals surface area contributed by atoms with Crippen LogP contribution < -0.4 is 4.74 Å².